The van der Waals surface area contributed by atoms with Crippen LogP contribution in [0.1, 0.15) is 208 Å². The first-order valence-corrected chi connectivity index (χ1v) is 30.0. The third-order valence-corrected chi connectivity index (χ3v) is 20.9. The Kier molecular flexibility index (Phi) is 17.8. The summed E-state index contributed by atoms with van der Waals surface area (Å²) in [6.45, 7) is 28.0. The normalized spacial score (nSPS) is 15.8. The number of hydrogen-bond acceptors (Lipinski definition) is 6. The summed E-state index contributed by atoms with van der Waals surface area (Å²) in [4.78, 5) is 17.0. The summed E-state index contributed by atoms with van der Waals surface area (Å²) in [5.41, 5.74) is 18.2. The summed E-state index contributed by atoms with van der Waals surface area (Å²) in [7, 11) is 0. The Morgan fingerprint density at radius 1 is 0.167 bits per heavy atom. The molecule has 7 rings (SSSR count). The zero-order valence-corrected chi connectivity index (χ0v) is 46.8. The second-order valence-electron chi connectivity index (χ2n) is 17.0. The molecule has 348 valence electrons. The van der Waals surface area contributed by atoms with Crippen molar-refractivity contribution < 1.29 is 0 Å². The molecule has 0 aromatic carbocycles. The fourth-order valence-electron chi connectivity index (χ4n) is 10.4. The van der Waals surface area contributed by atoms with Crippen LogP contribution in [0.25, 0.3) is 72.9 Å². The van der Waals surface area contributed by atoms with Crippen LogP contribution in [0.4, 0.5) is 0 Å². The molecule has 1 aliphatic heterocycles. The van der Waals surface area contributed by atoms with E-state index in [1.54, 1.807) is 0 Å². The lowest BCUT2D eigenvalue weighted by Crippen LogP contribution is -1.90. The van der Waals surface area contributed by atoms with Crippen LogP contribution in [0.5, 0.6) is 0 Å². The average molecular weight is 986 g/mol. The van der Waals surface area contributed by atoms with Crippen molar-refractivity contribution in [1.82, 2.24) is 0 Å². The highest BCUT2D eigenvalue weighted by Gasteiger charge is 2.20. The predicted molar refractivity (Wildman–Crippen MR) is 312 cm³/mol. The van der Waals surface area contributed by atoms with Gasteiger partial charge in [-0.15, -0.1) is 68.0 Å². The largest absolute Gasteiger partial charge is 0.136 e. The first kappa shape index (κ1) is 50.5. The predicted octanol–water partition coefficient (Wildman–Crippen LogP) is 20.1. The van der Waals surface area contributed by atoms with Gasteiger partial charge in [0.15, 0.2) is 0 Å². The maximum Gasteiger partial charge on any atom is 0.0311 e. The summed E-state index contributed by atoms with van der Waals surface area (Å²) >= 11 is 11.9. The lowest BCUT2D eigenvalue weighted by molar-refractivity contribution is 1.05. The van der Waals surface area contributed by atoms with Gasteiger partial charge in [0.05, 0.1) is 0 Å². The highest BCUT2D eigenvalue weighted by molar-refractivity contribution is 7.17. The van der Waals surface area contributed by atoms with Crippen LogP contribution < -0.4 is 0 Å². The Morgan fingerprint density at radius 2 is 0.242 bits per heavy atom. The van der Waals surface area contributed by atoms with Crippen LogP contribution in [0.2, 0.25) is 0 Å². The number of rotatable bonds is 12. The van der Waals surface area contributed by atoms with Gasteiger partial charge in [-0.1, -0.05) is 83.1 Å². The molecule has 0 saturated heterocycles. The van der Waals surface area contributed by atoms with Gasteiger partial charge in [-0.05, 0) is 217 Å². The molecule has 0 fully saturated rings. The summed E-state index contributed by atoms with van der Waals surface area (Å²) in [6, 6.07) is 0. The van der Waals surface area contributed by atoms with Crippen LogP contribution in [-0.2, 0) is 77.0 Å². The van der Waals surface area contributed by atoms with Gasteiger partial charge < -0.3 is 0 Å². The molecule has 0 saturated carbocycles. The third-order valence-electron chi connectivity index (χ3n) is 13.6. The lowest BCUT2D eigenvalue weighted by atomic mass is 10.0. The van der Waals surface area contributed by atoms with Crippen molar-refractivity contribution in [3.8, 4) is 0 Å². The van der Waals surface area contributed by atoms with Crippen molar-refractivity contribution in [2.75, 3.05) is 0 Å². The Bertz CT molecular complexity index is 2160. The molecule has 7 heterocycles. The smallest absolute Gasteiger partial charge is 0.0311 e. The molecule has 6 aromatic rings. The topological polar surface area (TPSA) is 0 Å². The molecule has 0 nitrogen and oxygen atoms in total. The Hall–Kier alpha value is -3.36. The van der Waals surface area contributed by atoms with Gasteiger partial charge in [0.2, 0.25) is 0 Å². The second kappa shape index (κ2) is 23.3. The standard InChI is InChI=1S/C60H72S6/c1-13-37-38(14-2)50-27-28-52-41(17-5)42(18-6)54(63-52)31-32-56-45(21-9)46(22-10)58(65-56)35-36-60-48(24-12)47(23-11)59(66-60)34-33-57-44(20-8)43(19-7)55(64-57)30-29-53-40(16-4)39(15-3)51(62-53)26-25-49(37)61-50/h25-36H,13-24H2,1-12H3/b26-25-,28-27+,30-29+,32-31-,34-33-,36-35+,49-25?,50-27?,51-26?,52-28?,53-29?,54-31?,55-30?,56-32?,57-33?,58-35?,59-34?,60-36?. The SMILES string of the molecule is CCc1c2sc(c1CC)/C=C/c1sc(c(CC)c1CC)/C=C\c1sc(c(CC)c1CC)/C=C/c1sc(c(CC)c1CC)/C=C\c1sc(c(CC)c1CC)/C=C/c1sc(c(CC)c1CC)/C=C\2. The maximum absolute atomic E-state index is 2.45. The van der Waals surface area contributed by atoms with Gasteiger partial charge in [0.25, 0.3) is 0 Å². The molecule has 0 atom stereocenters. The lowest BCUT2D eigenvalue weighted by Gasteiger charge is -2.03. The molecule has 0 spiro atoms. The molecule has 6 aromatic heterocycles. The average Bonchev–Trinajstić information content (AvgIpc) is 4.18. The first-order chi connectivity index (χ1) is 32.2. The van der Waals surface area contributed by atoms with Gasteiger partial charge in [-0.3, -0.25) is 0 Å². The van der Waals surface area contributed by atoms with E-state index in [1.807, 2.05) is 68.0 Å². The van der Waals surface area contributed by atoms with E-state index in [1.165, 1.54) is 125 Å². The van der Waals surface area contributed by atoms with Crippen molar-refractivity contribution in [3.05, 3.63) is 125 Å². The van der Waals surface area contributed by atoms with E-state index in [2.05, 4.69) is 156 Å². The quantitative estimate of drug-likeness (QED) is 0.114. The summed E-state index contributed by atoms with van der Waals surface area (Å²) in [6.07, 6.45) is 41.9. The summed E-state index contributed by atoms with van der Waals surface area (Å²) < 4.78 is 0. The molecule has 0 N–H and O–H groups in total. The molecule has 0 amide bonds. The van der Waals surface area contributed by atoms with Crippen molar-refractivity contribution in [2.24, 2.45) is 0 Å². The van der Waals surface area contributed by atoms with E-state index in [-0.39, 0.29) is 0 Å². The van der Waals surface area contributed by atoms with E-state index in [0.29, 0.717) is 0 Å². The number of hydrogen-bond donors (Lipinski definition) is 0. The minimum Gasteiger partial charge on any atom is -0.136 e. The molecule has 1 aliphatic rings. The van der Waals surface area contributed by atoms with Gasteiger partial charge in [-0.25, -0.2) is 0 Å². The van der Waals surface area contributed by atoms with Crippen molar-refractivity contribution in [3.63, 3.8) is 0 Å². The molecule has 66 heavy (non-hydrogen) atoms. The minimum atomic E-state index is 1.05. The highest BCUT2D eigenvalue weighted by Crippen LogP contribution is 2.42. The van der Waals surface area contributed by atoms with Crippen molar-refractivity contribution in [1.29, 1.82) is 0 Å². The van der Waals surface area contributed by atoms with E-state index < -0.39 is 0 Å². The molecule has 0 aliphatic carbocycles. The summed E-state index contributed by atoms with van der Waals surface area (Å²) in [5.74, 6) is 0. The first-order valence-electron chi connectivity index (χ1n) is 25.1. The van der Waals surface area contributed by atoms with Crippen molar-refractivity contribution >= 4 is 141 Å². The van der Waals surface area contributed by atoms with E-state index in [4.69, 9.17) is 0 Å². The maximum atomic E-state index is 2.45. The Balaban J connectivity index is 1.43. The van der Waals surface area contributed by atoms with Crippen LogP contribution in [-0.4, -0.2) is 0 Å². The molecular weight excluding hydrogens is 913 g/mol. The molecular formula is C60H72S6. The highest BCUT2D eigenvalue weighted by atomic mass is 32.1. The van der Waals surface area contributed by atoms with Gasteiger partial charge in [-0.2, -0.15) is 0 Å². The Morgan fingerprint density at radius 3 is 0.303 bits per heavy atom. The van der Waals surface area contributed by atoms with Crippen LogP contribution >= 0.6 is 68.0 Å². The van der Waals surface area contributed by atoms with Gasteiger partial charge in [0.1, 0.15) is 0 Å². The Labute approximate surface area is 423 Å². The van der Waals surface area contributed by atoms with Crippen LogP contribution in [0, 0.1) is 0 Å². The van der Waals surface area contributed by atoms with E-state index in [9.17, 15) is 0 Å². The van der Waals surface area contributed by atoms with Gasteiger partial charge >= 0.3 is 0 Å². The zero-order chi connectivity index (χ0) is 47.1. The van der Waals surface area contributed by atoms with Crippen LogP contribution in [0.15, 0.2) is 0 Å². The van der Waals surface area contributed by atoms with Crippen molar-refractivity contribution in [2.45, 2.75) is 160 Å². The summed E-state index contributed by atoms with van der Waals surface area (Å²) in [5, 5.41) is 0. The number of thiophene rings is 6. The van der Waals surface area contributed by atoms with Crippen LogP contribution in [0.3, 0.4) is 0 Å². The fraction of sp³-hybridized carbons (Fsp3) is 0.400. The minimum absolute atomic E-state index is 1.05. The fourth-order valence-corrected chi connectivity index (χ4v) is 18.2. The monoisotopic (exact) mass is 984 g/mol. The third kappa shape index (κ3) is 10.0. The second-order valence-corrected chi connectivity index (χ2v) is 23.5. The molecule has 0 unspecified atom stereocenters. The molecule has 6 heteroatoms. The van der Waals surface area contributed by atoms with Gasteiger partial charge in [0, 0.05) is 58.5 Å². The molecule has 12 bridgehead atoms. The van der Waals surface area contributed by atoms with E-state index >= 15 is 0 Å². The number of fused-ring (bicyclic) bond motifs is 12. The van der Waals surface area contributed by atoms with E-state index in [0.717, 1.165) is 77.0 Å². The zero-order valence-electron chi connectivity index (χ0n) is 41.9. The molecule has 0 radical (unpaired) electrons.